The average Bonchev–Trinajstić information content (AvgIpc) is 3.53. The Morgan fingerprint density at radius 1 is 0.944 bits per heavy atom. The molecule has 8 nitrogen and oxygen atoms in total. The molecule has 4 heterocycles. The number of fused-ring (bicyclic) bond motifs is 2. The predicted octanol–water partition coefficient (Wildman–Crippen LogP) is 5.72. The Hall–Kier alpha value is -4.92. The van der Waals surface area contributed by atoms with Crippen molar-refractivity contribution in [3.63, 3.8) is 0 Å². The lowest BCUT2D eigenvalue weighted by atomic mass is 10.0. The van der Waals surface area contributed by atoms with E-state index in [0.29, 0.717) is 34.8 Å². The highest BCUT2D eigenvalue weighted by atomic mass is 19.1. The van der Waals surface area contributed by atoms with Crippen LogP contribution >= 0.6 is 0 Å². The lowest BCUT2D eigenvalue weighted by Crippen LogP contribution is -2.09. The standard InChI is InChI=1S/C27H20FN7O/c1-2-23(36)31-19-11-17(13-29-14-19)16-5-8-21-20(12-16)25(35-34-21)27-32-22-9-10-30-24(26(22)33-27)15-3-6-18(28)7-4-15/h3-14H,2H2,1H3,(H,31,36)(H,32,33)(H,34,35). The summed E-state index contributed by atoms with van der Waals surface area (Å²) in [4.78, 5) is 28.7. The Bertz CT molecular complexity index is 1740. The van der Waals surface area contributed by atoms with Crippen LogP contribution in [0.4, 0.5) is 10.1 Å². The molecule has 0 unspecified atom stereocenters. The first-order valence-corrected chi connectivity index (χ1v) is 11.4. The van der Waals surface area contributed by atoms with Crippen molar-refractivity contribution >= 4 is 33.5 Å². The van der Waals surface area contributed by atoms with Crippen molar-refractivity contribution < 1.29 is 9.18 Å². The molecule has 176 valence electrons. The zero-order chi connectivity index (χ0) is 24.6. The van der Waals surface area contributed by atoms with E-state index in [9.17, 15) is 9.18 Å². The summed E-state index contributed by atoms with van der Waals surface area (Å²) in [6.07, 6.45) is 5.47. The number of halogens is 1. The van der Waals surface area contributed by atoms with Gasteiger partial charge in [-0.15, -0.1) is 0 Å². The molecule has 0 fully saturated rings. The van der Waals surface area contributed by atoms with Gasteiger partial charge in [-0.05, 0) is 54.1 Å². The van der Waals surface area contributed by atoms with E-state index in [0.717, 1.165) is 33.1 Å². The van der Waals surface area contributed by atoms with Crippen molar-refractivity contribution in [1.29, 1.82) is 0 Å². The molecule has 0 aliphatic carbocycles. The van der Waals surface area contributed by atoms with Gasteiger partial charge in [0, 0.05) is 35.3 Å². The van der Waals surface area contributed by atoms with Crippen LogP contribution < -0.4 is 5.32 Å². The second-order valence-corrected chi connectivity index (χ2v) is 8.34. The minimum absolute atomic E-state index is 0.0686. The number of imidazole rings is 1. The van der Waals surface area contributed by atoms with Crippen molar-refractivity contribution in [3.8, 4) is 33.9 Å². The Morgan fingerprint density at radius 2 is 1.78 bits per heavy atom. The predicted molar refractivity (Wildman–Crippen MR) is 137 cm³/mol. The van der Waals surface area contributed by atoms with Crippen molar-refractivity contribution in [1.82, 2.24) is 30.1 Å². The number of amides is 1. The van der Waals surface area contributed by atoms with E-state index in [2.05, 4.69) is 30.5 Å². The molecule has 6 rings (SSSR count). The van der Waals surface area contributed by atoms with Gasteiger partial charge in [0.05, 0.1) is 28.6 Å². The van der Waals surface area contributed by atoms with Gasteiger partial charge in [-0.1, -0.05) is 13.0 Å². The van der Waals surface area contributed by atoms with Gasteiger partial charge in [0.25, 0.3) is 0 Å². The van der Waals surface area contributed by atoms with Gasteiger partial charge in [0.2, 0.25) is 5.91 Å². The van der Waals surface area contributed by atoms with Gasteiger partial charge < -0.3 is 10.3 Å². The molecular formula is C27H20FN7O. The topological polar surface area (TPSA) is 112 Å². The fourth-order valence-electron chi connectivity index (χ4n) is 4.16. The molecule has 36 heavy (non-hydrogen) atoms. The van der Waals surface area contributed by atoms with Crippen molar-refractivity contribution in [2.24, 2.45) is 0 Å². The van der Waals surface area contributed by atoms with Crippen LogP contribution in [-0.4, -0.2) is 36.0 Å². The molecule has 1 amide bonds. The molecule has 0 bridgehead atoms. The summed E-state index contributed by atoms with van der Waals surface area (Å²) in [6.45, 7) is 1.80. The number of carbonyl (C=O) groups excluding carboxylic acids is 1. The highest BCUT2D eigenvalue weighted by molar-refractivity contribution is 5.98. The molecule has 0 radical (unpaired) electrons. The number of H-pyrrole nitrogens is 2. The molecule has 2 aromatic carbocycles. The van der Waals surface area contributed by atoms with E-state index in [1.165, 1.54) is 12.1 Å². The molecule has 0 saturated carbocycles. The number of rotatable bonds is 5. The largest absolute Gasteiger partial charge is 0.336 e. The van der Waals surface area contributed by atoms with Gasteiger partial charge >= 0.3 is 0 Å². The summed E-state index contributed by atoms with van der Waals surface area (Å²) in [5.74, 6) is 0.216. The monoisotopic (exact) mass is 477 g/mol. The van der Waals surface area contributed by atoms with Gasteiger partial charge in [0.1, 0.15) is 17.0 Å². The van der Waals surface area contributed by atoms with E-state index in [-0.39, 0.29) is 11.7 Å². The lowest BCUT2D eigenvalue weighted by molar-refractivity contribution is -0.115. The molecule has 6 aromatic rings. The number of nitrogens with zero attached hydrogens (tertiary/aromatic N) is 4. The van der Waals surface area contributed by atoms with E-state index in [1.807, 2.05) is 30.3 Å². The van der Waals surface area contributed by atoms with Crippen LogP contribution in [0.1, 0.15) is 13.3 Å². The fraction of sp³-hybridized carbons (Fsp3) is 0.0741. The second kappa shape index (κ2) is 8.70. The summed E-state index contributed by atoms with van der Waals surface area (Å²) >= 11 is 0. The van der Waals surface area contributed by atoms with Crippen LogP contribution in [0, 0.1) is 5.82 Å². The first-order chi connectivity index (χ1) is 17.6. The molecule has 0 aliphatic rings. The zero-order valence-electron chi connectivity index (χ0n) is 19.2. The maximum absolute atomic E-state index is 13.4. The van der Waals surface area contributed by atoms with Crippen LogP contribution in [0.2, 0.25) is 0 Å². The summed E-state index contributed by atoms with van der Waals surface area (Å²) in [6, 6.07) is 15.9. The highest BCUT2D eigenvalue weighted by Crippen LogP contribution is 2.32. The number of pyridine rings is 2. The molecule has 0 saturated heterocycles. The number of nitrogens with one attached hydrogen (secondary N) is 3. The van der Waals surface area contributed by atoms with Crippen LogP contribution in [0.25, 0.3) is 55.8 Å². The Morgan fingerprint density at radius 3 is 2.61 bits per heavy atom. The number of benzene rings is 2. The normalized spacial score (nSPS) is 11.3. The van der Waals surface area contributed by atoms with E-state index in [1.54, 1.807) is 37.6 Å². The van der Waals surface area contributed by atoms with Gasteiger partial charge in [0.15, 0.2) is 5.82 Å². The highest BCUT2D eigenvalue weighted by Gasteiger charge is 2.16. The smallest absolute Gasteiger partial charge is 0.224 e. The minimum Gasteiger partial charge on any atom is -0.336 e. The Labute approximate surface area is 204 Å². The van der Waals surface area contributed by atoms with Crippen molar-refractivity contribution in [2.45, 2.75) is 13.3 Å². The van der Waals surface area contributed by atoms with Gasteiger partial charge in [-0.2, -0.15) is 5.10 Å². The summed E-state index contributed by atoms with van der Waals surface area (Å²) < 4.78 is 13.4. The number of anilines is 1. The van der Waals surface area contributed by atoms with Crippen molar-refractivity contribution in [3.05, 3.63) is 79.0 Å². The molecule has 0 atom stereocenters. The number of hydrogen-bond donors (Lipinski definition) is 3. The first kappa shape index (κ1) is 21.6. The molecular weight excluding hydrogens is 457 g/mol. The number of aromatic amines is 2. The minimum atomic E-state index is -0.305. The number of hydrogen-bond acceptors (Lipinski definition) is 5. The quantitative estimate of drug-likeness (QED) is 0.294. The SMILES string of the molecule is CCC(=O)Nc1cncc(-c2ccc3[nH]nc(-c4nc5c(-c6ccc(F)cc6)nccc5[nH]4)c3c2)c1. The van der Waals surface area contributed by atoms with Gasteiger partial charge in [-0.25, -0.2) is 9.37 Å². The van der Waals surface area contributed by atoms with E-state index < -0.39 is 0 Å². The van der Waals surface area contributed by atoms with Crippen LogP contribution in [0.5, 0.6) is 0 Å². The first-order valence-electron chi connectivity index (χ1n) is 11.4. The summed E-state index contributed by atoms with van der Waals surface area (Å²) in [5.41, 5.74) is 6.87. The molecule has 3 N–H and O–H groups in total. The van der Waals surface area contributed by atoms with Gasteiger partial charge in [-0.3, -0.25) is 19.9 Å². The van der Waals surface area contributed by atoms with Crippen LogP contribution in [0.3, 0.4) is 0 Å². The maximum atomic E-state index is 13.4. The fourth-order valence-corrected chi connectivity index (χ4v) is 4.16. The van der Waals surface area contributed by atoms with Crippen molar-refractivity contribution in [2.75, 3.05) is 5.32 Å². The van der Waals surface area contributed by atoms with E-state index in [4.69, 9.17) is 4.98 Å². The average molecular weight is 478 g/mol. The third kappa shape index (κ3) is 3.86. The maximum Gasteiger partial charge on any atom is 0.224 e. The summed E-state index contributed by atoms with van der Waals surface area (Å²) in [7, 11) is 0. The zero-order valence-corrected chi connectivity index (χ0v) is 19.2. The second-order valence-electron chi connectivity index (χ2n) is 8.34. The van der Waals surface area contributed by atoms with Crippen LogP contribution in [-0.2, 0) is 4.79 Å². The number of carbonyl (C=O) groups is 1. The Balaban J connectivity index is 1.42. The lowest BCUT2D eigenvalue weighted by Gasteiger charge is -2.06. The third-order valence-electron chi connectivity index (χ3n) is 5.98. The molecule has 0 aliphatic heterocycles. The molecule has 9 heteroatoms. The molecule has 0 spiro atoms. The summed E-state index contributed by atoms with van der Waals surface area (Å²) in [5, 5.41) is 11.3. The molecule has 4 aromatic heterocycles. The van der Waals surface area contributed by atoms with Crippen LogP contribution in [0.15, 0.2) is 73.2 Å². The van der Waals surface area contributed by atoms with E-state index >= 15 is 0 Å². The Kier molecular flexibility index (Phi) is 5.22. The third-order valence-corrected chi connectivity index (χ3v) is 5.98. The number of aromatic nitrogens is 6.